The van der Waals surface area contributed by atoms with Crippen LogP contribution in [0.2, 0.25) is 0 Å². The van der Waals surface area contributed by atoms with Gasteiger partial charge in [-0.3, -0.25) is 18.7 Å². The quantitative estimate of drug-likeness (QED) is 0.276. The number of carbonyl (C=O) groups is 3. The average Bonchev–Trinajstić information content (AvgIpc) is 2.28. The zero-order valence-electron chi connectivity index (χ0n) is 9.57. The zero-order valence-corrected chi connectivity index (χ0v) is 11.4. The van der Waals surface area contributed by atoms with Crippen molar-refractivity contribution >= 4 is 32.9 Å². The van der Waals surface area contributed by atoms with Gasteiger partial charge in [0, 0.05) is 0 Å². The van der Waals surface area contributed by atoms with Gasteiger partial charge in [0.15, 0.2) is 0 Å². The Morgan fingerprint density at radius 2 is 1.90 bits per heavy atom. The molecule has 0 bridgehead atoms. The molecule has 1 saturated heterocycles. The van der Waals surface area contributed by atoms with Crippen LogP contribution < -0.4 is 5.32 Å². The predicted molar refractivity (Wildman–Crippen MR) is 59.5 cm³/mol. The lowest BCUT2D eigenvalue weighted by Crippen LogP contribution is -2.62. The predicted octanol–water partition coefficient (Wildman–Crippen LogP) is -1.71. The molecule has 12 nitrogen and oxygen atoms in total. The molecule has 0 aliphatic carbocycles. The Bertz CT molecular complexity index is 540. The standard InChI is InChI=1S/C6H10N2O10P2/c9-4(19(13,14)15)2-18-20(16,17)8-1-3(5(8)10)7-6(11)12/h3,7H,1-2H2,(H,11,12)(H,16,17)(H2,13,14,15). The molecule has 14 heteroatoms. The molecular formula is C6H10N2O10P2. The molecule has 0 aromatic heterocycles. The first-order chi connectivity index (χ1) is 8.95. The lowest BCUT2D eigenvalue weighted by Gasteiger charge is -2.38. The molecule has 0 saturated carbocycles. The van der Waals surface area contributed by atoms with E-state index in [2.05, 4.69) is 4.52 Å². The summed E-state index contributed by atoms with van der Waals surface area (Å²) < 4.78 is 26.4. The van der Waals surface area contributed by atoms with Gasteiger partial charge < -0.3 is 25.1 Å². The van der Waals surface area contributed by atoms with Gasteiger partial charge in [0.2, 0.25) is 0 Å². The highest BCUT2D eigenvalue weighted by Gasteiger charge is 2.49. The minimum absolute atomic E-state index is 0.264. The third-order valence-corrected chi connectivity index (χ3v) is 4.41. The first-order valence-electron chi connectivity index (χ1n) is 4.82. The van der Waals surface area contributed by atoms with Crippen molar-refractivity contribution in [2.24, 2.45) is 0 Å². The van der Waals surface area contributed by atoms with Crippen molar-refractivity contribution in [1.29, 1.82) is 0 Å². The minimum atomic E-state index is -5.10. The molecule has 0 spiro atoms. The van der Waals surface area contributed by atoms with Crippen LogP contribution in [0, 0.1) is 0 Å². The zero-order chi connectivity index (χ0) is 15.7. The van der Waals surface area contributed by atoms with E-state index in [0.29, 0.717) is 0 Å². The Hall–Kier alpha value is -1.29. The summed E-state index contributed by atoms with van der Waals surface area (Å²) >= 11 is 0. The topological polar surface area (TPSA) is 191 Å². The van der Waals surface area contributed by atoms with Gasteiger partial charge in [-0.25, -0.2) is 14.0 Å². The fourth-order valence-corrected chi connectivity index (χ4v) is 2.70. The smallest absolute Gasteiger partial charge is 0.435 e. The van der Waals surface area contributed by atoms with Gasteiger partial charge in [-0.2, -0.15) is 0 Å². The van der Waals surface area contributed by atoms with Crippen LogP contribution in [0.1, 0.15) is 0 Å². The normalized spacial score (nSPS) is 21.9. The van der Waals surface area contributed by atoms with Crippen molar-refractivity contribution in [1.82, 2.24) is 9.99 Å². The summed E-state index contributed by atoms with van der Waals surface area (Å²) in [6, 6.07) is -1.21. The number of rotatable bonds is 6. The van der Waals surface area contributed by atoms with Crippen LogP contribution in [0.25, 0.3) is 0 Å². The Labute approximate surface area is 111 Å². The highest BCUT2D eigenvalue weighted by Crippen LogP contribution is 2.50. The SMILES string of the molecule is O=C(O)NC1CN(P(=O)(O)OCC(=O)P(=O)(O)O)C1=O. The third-order valence-electron chi connectivity index (χ3n) is 2.19. The first-order valence-corrected chi connectivity index (χ1v) is 7.97. The summed E-state index contributed by atoms with van der Waals surface area (Å²) in [6.07, 6.45) is -1.51. The number of carboxylic acid groups (broad SMARTS) is 1. The summed E-state index contributed by atoms with van der Waals surface area (Å²) in [5.41, 5.74) is -1.72. The van der Waals surface area contributed by atoms with Gasteiger partial charge >= 0.3 is 21.4 Å². The lowest BCUT2D eigenvalue weighted by atomic mass is 10.2. The van der Waals surface area contributed by atoms with Crippen molar-refractivity contribution in [2.75, 3.05) is 13.2 Å². The average molecular weight is 332 g/mol. The van der Waals surface area contributed by atoms with Crippen molar-refractivity contribution in [2.45, 2.75) is 6.04 Å². The van der Waals surface area contributed by atoms with Gasteiger partial charge in [-0.15, -0.1) is 0 Å². The van der Waals surface area contributed by atoms with Gasteiger partial charge in [0.25, 0.3) is 11.4 Å². The number of hydrogen-bond donors (Lipinski definition) is 5. The van der Waals surface area contributed by atoms with Crippen LogP contribution in [-0.4, -0.2) is 61.2 Å². The van der Waals surface area contributed by atoms with Gasteiger partial charge in [0.1, 0.15) is 12.6 Å². The maximum atomic E-state index is 11.5. The third kappa shape index (κ3) is 3.85. The molecule has 20 heavy (non-hydrogen) atoms. The maximum Gasteiger partial charge on any atom is 0.435 e. The Morgan fingerprint density at radius 3 is 2.30 bits per heavy atom. The monoisotopic (exact) mass is 332 g/mol. The van der Waals surface area contributed by atoms with Crippen LogP contribution in [0.3, 0.4) is 0 Å². The van der Waals surface area contributed by atoms with Gasteiger partial charge in [-0.1, -0.05) is 0 Å². The van der Waals surface area contributed by atoms with E-state index in [1.165, 1.54) is 0 Å². The lowest BCUT2D eigenvalue weighted by molar-refractivity contribution is -0.138. The van der Waals surface area contributed by atoms with E-state index in [9.17, 15) is 28.4 Å². The molecule has 1 fully saturated rings. The summed E-state index contributed by atoms with van der Waals surface area (Å²) in [5.74, 6) is -1.05. The highest BCUT2D eigenvalue weighted by molar-refractivity contribution is 7.70. The van der Waals surface area contributed by atoms with E-state index >= 15 is 0 Å². The molecule has 0 aromatic carbocycles. The summed E-state index contributed by atoms with van der Waals surface area (Å²) in [4.78, 5) is 58.6. The van der Waals surface area contributed by atoms with Crippen LogP contribution in [0.5, 0.6) is 0 Å². The molecule has 1 heterocycles. The summed E-state index contributed by atoms with van der Waals surface area (Å²) in [5, 5.41) is 10.1. The van der Waals surface area contributed by atoms with Crippen molar-refractivity contribution < 1.29 is 47.8 Å². The highest BCUT2D eigenvalue weighted by atomic mass is 31.2. The second-order valence-electron chi connectivity index (χ2n) is 3.62. The van der Waals surface area contributed by atoms with E-state index < -0.39 is 52.1 Å². The first kappa shape index (κ1) is 16.8. The van der Waals surface area contributed by atoms with Gasteiger partial charge in [0.05, 0.1) is 6.54 Å². The minimum Gasteiger partial charge on any atom is -0.465 e. The van der Waals surface area contributed by atoms with Crippen molar-refractivity contribution in [3.05, 3.63) is 0 Å². The molecule has 2 unspecified atom stereocenters. The summed E-state index contributed by atoms with van der Waals surface area (Å²) in [7, 11) is -9.87. The number of nitrogens with one attached hydrogen (secondary N) is 1. The van der Waals surface area contributed by atoms with Crippen LogP contribution in [-0.2, 0) is 23.2 Å². The van der Waals surface area contributed by atoms with E-state index in [-0.39, 0.29) is 4.67 Å². The van der Waals surface area contributed by atoms with E-state index in [0.717, 1.165) is 0 Å². The molecule has 5 N–H and O–H groups in total. The fourth-order valence-electron chi connectivity index (χ4n) is 1.19. The molecule has 1 aliphatic heterocycles. The van der Waals surface area contributed by atoms with Gasteiger partial charge in [-0.05, 0) is 0 Å². The number of nitrogens with zero attached hydrogens (tertiary/aromatic N) is 1. The molecule has 1 aliphatic rings. The molecule has 114 valence electrons. The molecule has 2 amide bonds. The van der Waals surface area contributed by atoms with Crippen LogP contribution in [0.15, 0.2) is 0 Å². The number of hydrogen-bond acceptors (Lipinski definition) is 6. The number of amides is 2. The Morgan fingerprint density at radius 1 is 1.35 bits per heavy atom. The van der Waals surface area contributed by atoms with E-state index in [1.54, 1.807) is 5.32 Å². The molecule has 0 aromatic rings. The largest absolute Gasteiger partial charge is 0.465 e. The number of β-lactam (4-membered cyclic amide) rings is 1. The van der Waals surface area contributed by atoms with Crippen molar-refractivity contribution in [3.8, 4) is 0 Å². The molecule has 0 radical (unpaired) electrons. The fraction of sp³-hybridized carbons (Fsp3) is 0.500. The summed E-state index contributed by atoms with van der Waals surface area (Å²) in [6.45, 7) is -1.83. The molecule has 1 rings (SSSR count). The Kier molecular flexibility index (Phi) is 4.70. The second kappa shape index (κ2) is 5.60. The number of carbonyl (C=O) groups excluding carboxylic acids is 2. The molecular weight excluding hydrogens is 322 g/mol. The van der Waals surface area contributed by atoms with E-state index in [4.69, 9.17) is 14.9 Å². The molecule has 2 atom stereocenters. The van der Waals surface area contributed by atoms with Crippen LogP contribution in [0.4, 0.5) is 4.79 Å². The Balaban J connectivity index is 2.58. The second-order valence-corrected chi connectivity index (χ2v) is 6.93. The maximum absolute atomic E-state index is 11.5. The van der Waals surface area contributed by atoms with E-state index in [1.807, 2.05) is 0 Å². The van der Waals surface area contributed by atoms with Crippen LogP contribution >= 0.6 is 15.3 Å². The van der Waals surface area contributed by atoms with Crippen molar-refractivity contribution in [3.63, 3.8) is 0 Å².